The minimum absolute atomic E-state index is 0.0282. The average Bonchev–Trinajstić information content (AvgIpc) is 3.23. The Morgan fingerprint density at radius 2 is 1.56 bits per heavy atom. The molecule has 0 aliphatic rings. The zero-order valence-corrected chi connectivity index (χ0v) is 19.3. The largest absolute Gasteiger partial charge is 0.480 e. The normalized spacial score (nSPS) is 15.5. The van der Waals surface area contributed by atoms with Crippen molar-refractivity contribution in [1.82, 2.24) is 25.9 Å². The zero-order chi connectivity index (χ0) is 26.0. The topological polar surface area (TPSA) is 243 Å². The van der Waals surface area contributed by atoms with Gasteiger partial charge < -0.3 is 42.6 Å². The summed E-state index contributed by atoms with van der Waals surface area (Å²) in [6, 6.07) is -5.23. The number of hydrogen-bond acceptors (Lipinski definition) is 8. The van der Waals surface area contributed by atoms with Crippen LogP contribution in [0.5, 0.6) is 0 Å². The second-order valence-corrected chi connectivity index (χ2v) is 8.37. The van der Waals surface area contributed by atoms with E-state index in [2.05, 4.69) is 25.9 Å². The molecule has 10 N–H and O–H groups in total. The van der Waals surface area contributed by atoms with Gasteiger partial charge in [-0.1, -0.05) is 13.8 Å². The molecular formula is C20H33N7O7. The van der Waals surface area contributed by atoms with Gasteiger partial charge in [0.25, 0.3) is 0 Å². The van der Waals surface area contributed by atoms with E-state index in [-0.39, 0.29) is 18.8 Å². The predicted octanol–water partition coefficient (Wildman–Crippen LogP) is -2.88. The number of hydrogen-bond donors (Lipinski definition) is 8. The number of imidazole rings is 1. The van der Waals surface area contributed by atoms with Gasteiger partial charge in [-0.3, -0.25) is 19.2 Å². The van der Waals surface area contributed by atoms with Gasteiger partial charge in [0.1, 0.15) is 24.2 Å². The third-order valence-corrected chi connectivity index (χ3v) is 4.79. The summed E-state index contributed by atoms with van der Waals surface area (Å²) in [6.45, 7) is 4.90. The number of nitrogens with one attached hydrogen (secondary N) is 4. The highest BCUT2D eigenvalue weighted by atomic mass is 16.4. The molecule has 1 heterocycles. The smallest absolute Gasteiger partial charge is 0.326 e. The van der Waals surface area contributed by atoms with Crippen molar-refractivity contribution >= 4 is 29.6 Å². The Hall–Kier alpha value is -3.52. The van der Waals surface area contributed by atoms with Crippen LogP contribution in [0.1, 0.15) is 39.3 Å². The van der Waals surface area contributed by atoms with Crippen LogP contribution in [0.3, 0.4) is 0 Å². The predicted molar refractivity (Wildman–Crippen MR) is 119 cm³/mol. The number of aliphatic carboxylic acids is 1. The molecule has 0 aliphatic carbocycles. The molecule has 0 bridgehead atoms. The number of nitrogens with zero attached hydrogens (tertiary/aromatic N) is 1. The number of carboxylic acid groups (broad SMARTS) is 1. The number of aliphatic hydroxyl groups excluding tert-OH is 1. The van der Waals surface area contributed by atoms with Crippen molar-refractivity contribution in [2.45, 2.75) is 70.3 Å². The Labute approximate surface area is 196 Å². The molecule has 1 aromatic heterocycles. The van der Waals surface area contributed by atoms with E-state index in [9.17, 15) is 34.2 Å². The van der Waals surface area contributed by atoms with E-state index in [4.69, 9.17) is 11.5 Å². The first-order valence-electron chi connectivity index (χ1n) is 10.6. The lowest BCUT2D eigenvalue weighted by molar-refractivity contribution is -0.144. The van der Waals surface area contributed by atoms with Gasteiger partial charge in [0.2, 0.25) is 23.6 Å². The van der Waals surface area contributed by atoms with Crippen molar-refractivity contribution < 1.29 is 34.2 Å². The first kappa shape index (κ1) is 28.5. The molecule has 34 heavy (non-hydrogen) atoms. The van der Waals surface area contributed by atoms with Crippen LogP contribution in [0.4, 0.5) is 0 Å². The van der Waals surface area contributed by atoms with Crippen LogP contribution in [0.2, 0.25) is 0 Å². The van der Waals surface area contributed by atoms with Gasteiger partial charge in [0.15, 0.2) is 0 Å². The maximum absolute atomic E-state index is 13.1. The summed E-state index contributed by atoms with van der Waals surface area (Å²) in [5.41, 5.74) is 11.2. The van der Waals surface area contributed by atoms with E-state index in [1.54, 1.807) is 13.8 Å². The molecule has 1 aromatic rings. The molecule has 0 radical (unpaired) electrons. The van der Waals surface area contributed by atoms with Crippen molar-refractivity contribution in [3.63, 3.8) is 0 Å². The summed E-state index contributed by atoms with van der Waals surface area (Å²) in [6.07, 6.45) is 1.14. The molecule has 14 nitrogen and oxygen atoms in total. The molecule has 0 saturated carbocycles. The molecule has 0 aliphatic heterocycles. The van der Waals surface area contributed by atoms with E-state index in [1.807, 2.05) is 0 Å². The van der Waals surface area contributed by atoms with E-state index in [0.717, 1.165) is 0 Å². The van der Waals surface area contributed by atoms with Crippen molar-refractivity contribution in [3.8, 4) is 0 Å². The Morgan fingerprint density at radius 3 is 2.03 bits per heavy atom. The second-order valence-electron chi connectivity index (χ2n) is 8.37. The molecule has 5 unspecified atom stereocenters. The SMILES string of the molecule is CC(C)CC(NC(=O)C(Cc1cnc[nH]1)NC(=O)C(N)C(C)O)C(=O)NC(CC(N)=O)C(=O)O. The molecule has 1 rings (SSSR count). The van der Waals surface area contributed by atoms with Crippen LogP contribution in [0.25, 0.3) is 0 Å². The number of rotatable bonds is 14. The average molecular weight is 484 g/mol. The summed E-state index contributed by atoms with van der Waals surface area (Å²) >= 11 is 0. The molecule has 0 spiro atoms. The molecule has 14 heteroatoms. The highest BCUT2D eigenvalue weighted by Crippen LogP contribution is 2.08. The van der Waals surface area contributed by atoms with Gasteiger partial charge in [-0.25, -0.2) is 9.78 Å². The minimum atomic E-state index is -1.57. The van der Waals surface area contributed by atoms with Crippen LogP contribution < -0.4 is 27.4 Å². The van der Waals surface area contributed by atoms with Crippen molar-refractivity contribution in [2.24, 2.45) is 17.4 Å². The highest BCUT2D eigenvalue weighted by molar-refractivity contribution is 5.95. The fraction of sp³-hybridized carbons (Fsp3) is 0.600. The summed E-state index contributed by atoms with van der Waals surface area (Å²) in [5.74, 6) is -4.83. The molecular weight excluding hydrogens is 450 g/mol. The van der Waals surface area contributed by atoms with Crippen molar-refractivity contribution in [2.75, 3.05) is 0 Å². The number of carbonyl (C=O) groups excluding carboxylic acids is 4. The molecule has 0 saturated heterocycles. The zero-order valence-electron chi connectivity index (χ0n) is 19.3. The van der Waals surface area contributed by atoms with E-state index < -0.39 is 66.3 Å². The number of H-pyrrole nitrogens is 1. The van der Waals surface area contributed by atoms with Gasteiger partial charge >= 0.3 is 5.97 Å². The highest BCUT2D eigenvalue weighted by Gasteiger charge is 2.32. The maximum Gasteiger partial charge on any atom is 0.326 e. The summed E-state index contributed by atoms with van der Waals surface area (Å²) in [7, 11) is 0. The number of aliphatic hydroxyl groups is 1. The number of carboxylic acids is 1. The van der Waals surface area contributed by atoms with E-state index >= 15 is 0 Å². The lowest BCUT2D eigenvalue weighted by Gasteiger charge is -2.26. The maximum atomic E-state index is 13.1. The Bertz CT molecular complexity index is 857. The molecule has 5 atom stereocenters. The Morgan fingerprint density at radius 1 is 1.00 bits per heavy atom. The first-order valence-corrected chi connectivity index (χ1v) is 10.6. The number of aromatic amines is 1. The number of aromatic nitrogens is 2. The first-order chi connectivity index (χ1) is 15.8. The monoisotopic (exact) mass is 483 g/mol. The third kappa shape index (κ3) is 9.54. The van der Waals surface area contributed by atoms with Gasteiger partial charge in [0.05, 0.1) is 18.9 Å². The molecule has 190 valence electrons. The number of carbonyl (C=O) groups is 5. The van der Waals surface area contributed by atoms with Crippen LogP contribution in [-0.4, -0.2) is 80.1 Å². The van der Waals surface area contributed by atoms with Gasteiger partial charge in [-0.2, -0.15) is 0 Å². The molecule has 0 aromatic carbocycles. The lowest BCUT2D eigenvalue weighted by Crippen LogP contribution is -2.59. The second kappa shape index (κ2) is 13.3. The van der Waals surface area contributed by atoms with Crippen LogP contribution in [-0.2, 0) is 30.4 Å². The quantitative estimate of drug-likeness (QED) is 0.135. The standard InChI is InChI=1S/C20H33N7O7/c1-9(2)4-12(17(30)27-14(20(33)34)6-15(21)29)25-18(31)13(5-11-7-23-8-24-11)26-19(32)16(22)10(3)28/h7-10,12-14,16,28H,4-6,22H2,1-3H3,(H2,21,29)(H,23,24)(H,25,31)(H,26,32)(H,27,30)(H,33,34). The van der Waals surface area contributed by atoms with Crippen molar-refractivity contribution in [1.29, 1.82) is 0 Å². The fourth-order valence-corrected chi connectivity index (χ4v) is 2.96. The van der Waals surface area contributed by atoms with E-state index in [1.165, 1.54) is 19.4 Å². The van der Waals surface area contributed by atoms with Gasteiger partial charge in [-0.15, -0.1) is 0 Å². The lowest BCUT2D eigenvalue weighted by atomic mass is 10.0. The summed E-state index contributed by atoms with van der Waals surface area (Å²) in [5, 5.41) is 26.0. The third-order valence-electron chi connectivity index (χ3n) is 4.79. The fourth-order valence-electron chi connectivity index (χ4n) is 2.96. The minimum Gasteiger partial charge on any atom is -0.480 e. The summed E-state index contributed by atoms with van der Waals surface area (Å²) < 4.78 is 0. The Kier molecular flexibility index (Phi) is 11.1. The van der Waals surface area contributed by atoms with E-state index in [0.29, 0.717) is 5.69 Å². The molecule has 4 amide bonds. The number of nitrogens with two attached hydrogens (primary N) is 2. The number of amides is 4. The van der Waals surface area contributed by atoms with Crippen molar-refractivity contribution in [3.05, 3.63) is 18.2 Å². The Balaban J connectivity index is 3.06. The van der Waals surface area contributed by atoms with Crippen LogP contribution >= 0.6 is 0 Å². The van der Waals surface area contributed by atoms with Crippen LogP contribution in [0, 0.1) is 5.92 Å². The number of primary amides is 1. The van der Waals surface area contributed by atoms with Crippen LogP contribution in [0.15, 0.2) is 12.5 Å². The van der Waals surface area contributed by atoms with Gasteiger partial charge in [0, 0.05) is 18.3 Å². The van der Waals surface area contributed by atoms with Gasteiger partial charge in [-0.05, 0) is 19.3 Å². The summed E-state index contributed by atoms with van der Waals surface area (Å²) in [4.78, 5) is 67.3. The molecule has 0 fully saturated rings.